The molecule has 1 saturated heterocycles. The van der Waals surface area contributed by atoms with Crippen molar-refractivity contribution in [2.75, 3.05) is 23.7 Å². The number of nitrogens with zero attached hydrogens (tertiary/aromatic N) is 3. The Labute approximate surface area is 168 Å². The summed E-state index contributed by atoms with van der Waals surface area (Å²) in [6.45, 7) is 0.828. The Balaban J connectivity index is 1.51. The number of pyridine rings is 1. The van der Waals surface area contributed by atoms with Gasteiger partial charge in [-0.25, -0.2) is 13.4 Å². The van der Waals surface area contributed by atoms with Gasteiger partial charge in [0, 0.05) is 19.3 Å². The van der Waals surface area contributed by atoms with Crippen molar-refractivity contribution in [2.24, 2.45) is 4.99 Å². The van der Waals surface area contributed by atoms with Crippen LogP contribution < -0.4 is 10.6 Å². The van der Waals surface area contributed by atoms with E-state index in [1.807, 2.05) is 12.1 Å². The highest BCUT2D eigenvalue weighted by molar-refractivity contribution is 7.91. The van der Waals surface area contributed by atoms with Crippen LogP contribution in [0.1, 0.15) is 32.1 Å². The van der Waals surface area contributed by atoms with Gasteiger partial charge in [0.15, 0.2) is 5.82 Å². The average Bonchev–Trinajstić information content (AvgIpc) is 3.45. The van der Waals surface area contributed by atoms with Crippen molar-refractivity contribution in [3.8, 4) is 0 Å². The fraction of sp³-hybridized carbons (Fsp3) is 0.474. The van der Waals surface area contributed by atoms with E-state index < -0.39 is 15.6 Å². The Morgan fingerprint density at radius 1 is 1.25 bits per heavy atom. The first-order valence-corrected chi connectivity index (χ1v) is 12.0. The summed E-state index contributed by atoms with van der Waals surface area (Å²) in [5.74, 6) is 1.58. The third-order valence-corrected chi connectivity index (χ3v) is 9.05. The molecule has 2 fully saturated rings. The average molecular weight is 418 g/mol. The molecule has 1 spiro atoms. The molecule has 9 heteroatoms. The van der Waals surface area contributed by atoms with E-state index in [4.69, 9.17) is 4.99 Å². The molecule has 2 aromatic rings. The number of hydrogen-bond acceptors (Lipinski definition) is 6. The van der Waals surface area contributed by atoms with E-state index >= 15 is 0 Å². The van der Waals surface area contributed by atoms with Gasteiger partial charge >= 0.3 is 0 Å². The number of fused-ring (bicyclic) bond motifs is 1. The summed E-state index contributed by atoms with van der Waals surface area (Å²) >= 11 is 1.26. The predicted octanol–water partition coefficient (Wildman–Crippen LogP) is 3.16. The molecule has 0 radical (unpaired) electrons. The van der Waals surface area contributed by atoms with Crippen molar-refractivity contribution < 1.29 is 8.42 Å². The molecule has 0 unspecified atom stereocenters. The first kappa shape index (κ1) is 18.1. The maximum absolute atomic E-state index is 13.1. The zero-order valence-corrected chi connectivity index (χ0v) is 17.1. The monoisotopic (exact) mass is 417 g/mol. The Bertz CT molecular complexity index is 999. The predicted molar refractivity (Wildman–Crippen MR) is 112 cm³/mol. The molecule has 4 heterocycles. The molecule has 0 aromatic carbocycles. The van der Waals surface area contributed by atoms with Gasteiger partial charge in [-0.1, -0.05) is 18.9 Å². The topological polar surface area (TPSA) is 86.7 Å². The zero-order chi connectivity index (χ0) is 19.2. The third-order valence-electron chi connectivity index (χ3n) is 5.83. The number of aromatic nitrogens is 1. The van der Waals surface area contributed by atoms with Gasteiger partial charge < -0.3 is 10.6 Å². The number of thiophene rings is 1. The number of sulfonamides is 1. The van der Waals surface area contributed by atoms with E-state index in [1.165, 1.54) is 24.2 Å². The zero-order valence-electron chi connectivity index (χ0n) is 15.5. The van der Waals surface area contributed by atoms with E-state index in [0.29, 0.717) is 29.8 Å². The smallest absolute Gasteiger partial charge is 0.252 e. The second-order valence-corrected chi connectivity index (χ2v) is 10.8. The van der Waals surface area contributed by atoms with Crippen LogP contribution in [0, 0.1) is 0 Å². The lowest BCUT2D eigenvalue weighted by molar-refractivity contribution is 0.468. The highest BCUT2D eigenvalue weighted by Gasteiger charge is 2.49. The summed E-state index contributed by atoms with van der Waals surface area (Å²) in [6, 6.07) is 7.60. The highest BCUT2D eigenvalue weighted by atomic mass is 32.2. The normalized spacial score (nSPS) is 27.1. The van der Waals surface area contributed by atoms with Gasteiger partial charge in [0.1, 0.15) is 15.6 Å². The maximum atomic E-state index is 13.1. The van der Waals surface area contributed by atoms with Crippen molar-refractivity contribution in [1.82, 2.24) is 9.29 Å². The fourth-order valence-electron chi connectivity index (χ4n) is 4.34. The minimum atomic E-state index is -3.49. The molecule has 28 heavy (non-hydrogen) atoms. The molecule has 2 aromatic heterocycles. The van der Waals surface area contributed by atoms with Crippen LogP contribution >= 0.6 is 11.3 Å². The summed E-state index contributed by atoms with van der Waals surface area (Å²) in [5, 5.41) is 8.81. The summed E-state index contributed by atoms with van der Waals surface area (Å²) in [6.07, 6.45) is 7.01. The van der Waals surface area contributed by atoms with E-state index in [0.717, 1.165) is 30.2 Å². The molecule has 1 aliphatic carbocycles. The van der Waals surface area contributed by atoms with Gasteiger partial charge in [0.25, 0.3) is 10.0 Å². The Morgan fingerprint density at radius 2 is 2.11 bits per heavy atom. The molecule has 0 bridgehead atoms. The number of rotatable bonds is 3. The highest BCUT2D eigenvalue weighted by Crippen LogP contribution is 2.38. The van der Waals surface area contributed by atoms with Crippen LogP contribution in [0.2, 0.25) is 0 Å². The number of amidine groups is 1. The van der Waals surface area contributed by atoms with Crippen molar-refractivity contribution in [2.45, 2.75) is 47.9 Å². The molecular formula is C19H23N5O2S2. The fourth-order valence-corrected chi connectivity index (χ4v) is 6.98. The van der Waals surface area contributed by atoms with Gasteiger partial charge in [0.05, 0.1) is 11.7 Å². The lowest BCUT2D eigenvalue weighted by Crippen LogP contribution is -2.55. The summed E-state index contributed by atoms with van der Waals surface area (Å²) in [4.78, 5) is 9.45. The number of nitrogens with one attached hydrogen (secondary N) is 2. The lowest BCUT2D eigenvalue weighted by atomic mass is 9.93. The standard InChI is InChI=1S/C19H23N5O2S2/c25-28(26,16-8-4-12-27-16)24-11-9-19(13-24)18(21-14-5-1-2-6-14)22-17-15(23-19)7-3-10-20-17/h3-4,7-8,10,12,14,23H,1-2,5-6,9,11,13H2,(H,20,21,22)/t19-/m1/s1. The molecule has 2 N–H and O–H groups in total. The maximum Gasteiger partial charge on any atom is 0.252 e. The summed E-state index contributed by atoms with van der Waals surface area (Å²) in [5.41, 5.74) is 0.353. The summed E-state index contributed by atoms with van der Waals surface area (Å²) in [7, 11) is -3.49. The van der Waals surface area contributed by atoms with Crippen LogP contribution in [0.5, 0.6) is 0 Å². The molecule has 2 aliphatic heterocycles. The minimum absolute atomic E-state index is 0.300. The van der Waals surface area contributed by atoms with Gasteiger partial charge in [0.2, 0.25) is 0 Å². The van der Waals surface area contributed by atoms with Crippen LogP contribution in [0.4, 0.5) is 11.5 Å². The van der Waals surface area contributed by atoms with E-state index in [9.17, 15) is 8.42 Å². The van der Waals surface area contributed by atoms with Crippen molar-refractivity contribution in [3.05, 3.63) is 35.8 Å². The van der Waals surface area contributed by atoms with Gasteiger partial charge in [-0.2, -0.15) is 4.31 Å². The second kappa shape index (κ2) is 6.82. The first-order chi connectivity index (χ1) is 13.6. The van der Waals surface area contributed by atoms with Gasteiger partial charge in [-0.3, -0.25) is 4.99 Å². The number of anilines is 2. The Hall–Kier alpha value is -1.97. The first-order valence-electron chi connectivity index (χ1n) is 9.69. The molecule has 5 rings (SSSR count). The molecular weight excluding hydrogens is 394 g/mol. The van der Waals surface area contributed by atoms with Crippen molar-refractivity contribution in [3.63, 3.8) is 0 Å². The summed E-state index contributed by atoms with van der Waals surface area (Å²) < 4.78 is 28.1. The van der Waals surface area contributed by atoms with E-state index in [1.54, 1.807) is 28.0 Å². The second-order valence-electron chi connectivity index (χ2n) is 7.67. The van der Waals surface area contributed by atoms with E-state index in [2.05, 4.69) is 15.6 Å². The van der Waals surface area contributed by atoms with E-state index in [-0.39, 0.29) is 0 Å². The third kappa shape index (κ3) is 3.01. The van der Waals surface area contributed by atoms with Crippen LogP contribution in [0.3, 0.4) is 0 Å². The lowest BCUT2D eigenvalue weighted by Gasteiger charge is -2.38. The molecule has 7 nitrogen and oxygen atoms in total. The minimum Gasteiger partial charge on any atom is -0.369 e. The molecule has 0 amide bonds. The molecule has 1 saturated carbocycles. The van der Waals surface area contributed by atoms with Crippen molar-refractivity contribution >= 4 is 38.7 Å². The van der Waals surface area contributed by atoms with Gasteiger partial charge in [-0.05, 0) is 42.8 Å². The molecule has 148 valence electrons. The van der Waals surface area contributed by atoms with Crippen LogP contribution in [0.15, 0.2) is 45.0 Å². The number of aliphatic imine (C=N–C) groups is 1. The van der Waals surface area contributed by atoms with Crippen LogP contribution in [0.25, 0.3) is 0 Å². The van der Waals surface area contributed by atoms with Gasteiger partial charge in [-0.15, -0.1) is 11.3 Å². The number of hydrogen-bond donors (Lipinski definition) is 2. The Kier molecular flexibility index (Phi) is 4.41. The molecule has 1 atom stereocenters. The largest absolute Gasteiger partial charge is 0.369 e. The molecule has 3 aliphatic rings. The SMILES string of the molecule is O=S(=O)(c1cccs1)N1CC[C@]2(C1)Nc1cccnc1NC2=NC1CCCC1. The Morgan fingerprint density at radius 3 is 2.89 bits per heavy atom. The quantitative estimate of drug-likeness (QED) is 0.801. The van der Waals surface area contributed by atoms with Crippen LogP contribution in [-0.4, -0.2) is 48.2 Å². The van der Waals surface area contributed by atoms with Crippen LogP contribution in [-0.2, 0) is 10.0 Å². The van der Waals surface area contributed by atoms with Crippen molar-refractivity contribution in [1.29, 1.82) is 0 Å².